The molecule has 0 fully saturated rings. The molecule has 19 heavy (non-hydrogen) atoms. The summed E-state index contributed by atoms with van der Waals surface area (Å²) in [5, 5.41) is 0. The number of carbonyl (C=O) groups excluding carboxylic acids is 1. The quantitative estimate of drug-likeness (QED) is 0.195. The van der Waals surface area contributed by atoms with Crippen molar-refractivity contribution in [1.29, 1.82) is 0 Å². The zero-order chi connectivity index (χ0) is 14.0. The second kappa shape index (κ2) is 17.4. The third-order valence-corrected chi connectivity index (χ3v) is 3.58. The Bertz CT molecular complexity index is 196. The van der Waals surface area contributed by atoms with Crippen molar-refractivity contribution < 1.29 is 4.79 Å². The zero-order valence-corrected chi connectivity index (χ0v) is 13.0. The minimum Gasteiger partial charge on any atom is -0.303 e. The van der Waals surface area contributed by atoms with Gasteiger partial charge in [0.25, 0.3) is 0 Å². The van der Waals surface area contributed by atoms with Gasteiger partial charge in [0.15, 0.2) is 0 Å². The van der Waals surface area contributed by atoms with Gasteiger partial charge in [-0.3, -0.25) is 0 Å². The molecule has 0 aromatic rings. The van der Waals surface area contributed by atoms with Crippen LogP contribution in [0.3, 0.4) is 0 Å². The first kappa shape index (κ1) is 18.4. The van der Waals surface area contributed by atoms with Gasteiger partial charge in [0.05, 0.1) is 0 Å². The maximum absolute atomic E-state index is 10.1. The first-order chi connectivity index (χ1) is 9.41. The number of carbonyl (C=O) groups is 1. The third kappa shape index (κ3) is 17.4. The molecule has 0 aromatic heterocycles. The van der Waals surface area contributed by atoms with Gasteiger partial charge >= 0.3 is 0 Å². The lowest BCUT2D eigenvalue weighted by atomic mass is 10.1. The maximum atomic E-state index is 10.1. The van der Waals surface area contributed by atoms with Crippen LogP contribution in [-0.4, -0.2) is 6.29 Å². The van der Waals surface area contributed by atoms with Crippen molar-refractivity contribution in [3.63, 3.8) is 0 Å². The van der Waals surface area contributed by atoms with Crippen molar-refractivity contribution in [2.75, 3.05) is 0 Å². The van der Waals surface area contributed by atoms with E-state index in [1.54, 1.807) is 0 Å². The monoisotopic (exact) mass is 266 g/mol. The van der Waals surface area contributed by atoms with E-state index in [0.717, 1.165) is 32.0 Å². The van der Waals surface area contributed by atoms with Crippen LogP contribution in [0.5, 0.6) is 0 Å². The summed E-state index contributed by atoms with van der Waals surface area (Å²) < 4.78 is 0. The molecule has 0 aliphatic carbocycles. The zero-order valence-electron chi connectivity index (χ0n) is 13.0. The topological polar surface area (TPSA) is 17.1 Å². The lowest BCUT2D eigenvalue weighted by Crippen LogP contribution is -1.81. The second-order valence-electron chi connectivity index (χ2n) is 5.54. The van der Waals surface area contributed by atoms with Crippen molar-refractivity contribution >= 4 is 6.29 Å². The van der Waals surface area contributed by atoms with E-state index in [-0.39, 0.29) is 0 Å². The Balaban J connectivity index is 3.01. The molecule has 112 valence electrons. The highest BCUT2D eigenvalue weighted by Gasteiger charge is 1.91. The van der Waals surface area contributed by atoms with Crippen LogP contribution in [0.1, 0.15) is 96.8 Å². The number of hydrogen-bond donors (Lipinski definition) is 0. The molecule has 0 N–H and O–H groups in total. The summed E-state index contributed by atoms with van der Waals surface area (Å²) in [6, 6.07) is 0. The van der Waals surface area contributed by atoms with Crippen molar-refractivity contribution in [3.8, 4) is 0 Å². The number of hydrogen-bond acceptors (Lipinski definition) is 1. The Morgan fingerprint density at radius 2 is 1.00 bits per heavy atom. The van der Waals surface area contributed by atoms with Crippen molar-refractivity contribution in [3.05, 3.63) is 12.2 Å². The number of rotatable bonds is 15. The number of unbranched alkanes of at least 4 members (excludes halogenated alkanes) is 12. The smallest absolute Gasteiger partial charge is 0.119 e. The highest BCUT2D eigenvalue weighted by atomic mass is 16.1. The van der Waals surface area contributed by atoms with E-state index in [2.05, 4.69) is 19.1 Å². The van der Waals surface area contributed by atoms with Crippen LogP contribution in [0, 0.1) is 0 Å². The average Bonchev–Trinajstić information content (AvgIpc) is 2.43. The minimum atomic E-state index is 0.728. The van der Waals surface area contributed by atoms with Gasteiger partial charge in [-0.2, -0.15) is 0 Å². The van der Waals surface area contributed by atoms with Crippen molar-refractivity contribution in [2.24, 2.45) is 0 Å². The molecule has 0 saturated heterocycles. The van der Waals surface area contributed by atoms with E-state index in [0.29, 0.717) is 0 Å². The fourth-order valence-corrected chi connectivity index (χ4v) is 2.30. The molecule has 0 aliphatic rings. The fourth-order valence-electron chi connectivity index (χ4n) is 2.30. The molecule has 0 bridgehead atoms. The molecule has 0 rings (SSSR count). The first-order valence-corrected chi connectivity index (χ1v) is 8.50. The normalized spacial score (nSPS) is 11.2. The highest BCUT2D eigenvalue weighted by molar-refractivity contribution is 5.48. The molecule has 0 spiro atoms. The molecule has 0 amide bonds. The van der Waals surface area contributed by atoms with Crippen LogP contribution in [0.4, 0.5) is 0 Å². The average molecular weight is 266 g/mol. The van der Waals surface area contributed by atoms with Crippen LogP contribution >= 0.6 is 0 Å². The molecule has 0 saturated carbocycles. The summed E-state index contributed by atoms with van der Waals surface area (Å²) >= 11 is 0. The van der Waals surface area contributed by atoms with Gasteiger partial charge < -0.3 is 4.79 Å². The van der Waals surface area contributed by atoms with Gasteiger partial charge in [0, 0.05) is 6.42 Å². The van der Waals surface area contributed by atoms with Crippen molar-refractivity contribution in [2.45, 2.75) is 96.8 Å². The summed E-state index contributed by atoms with van der Waals surface area (Å²) in [6.45, 7) is 2.27. The van der Waals surface area contributed by atoms with Crippen LogP contribution in [0.25, 0.3) is 0 Å². The lowest BCUT2D eigenvalue weighted by Gasteiger charge is -2.00. The largest absolute Gasteiger partial charge is 0.303 e. The van der Waals surface area contributed by atoms with Gasteiger partial charge in [-0.25, -0.2) is 0 Å². The standard InChI is InChI=1S/C18H34O/c1-2-3-4-5-6-7-8-9-10-11-12-13-14-15-16-17-18-19/h12-13,18H,2-11,14-17H2,1H3/b13-12+. The summed E-state index contributed by atoms with van der Waals surface area (Å²) in [5.41, 5.74) is 0. The Hall–Kier alpha value is -0.590. The molecule has 1 heteroatoms. The summed E-state index contributed by atoms with van der Waals surface area (Å²) in [5.74, 6) is 0. The molecule has 0 unspecified atom stereocenters. The van der Waals surface area contributed by atoms with Crippen LogP contribution in [0.15, 0.2) is 12.2 Å². The number of aldehydes is 1. The van der Waals surface area contributed by atoms with E-state index in [1.165, 1.54) is 64.2 Å². The van der Waals surface area contributed by atoms with Gasteiger partial charge in [-0.15, -0.1) is 0 Å². The van der Waals surface area contributed by atoms with E-state index < -0.39 is 0 Å². The highest BCUT2D eigenvalue weighted by Crippen LogP contribution is 2.10. The van der Waals surface area contributed by atoms with Gasteiger partial charge in [0.2, 0.25) is 0 Å². The van der Waals surface area contributed by atoms with Crippen LogP contribution in [-0.2, 0) is 4.79 Å². The Morgan fingerprint density at radius 3 is 1.53 bits per heavy atom. The minimum absolute atomic E-state index is 0.728. The SMILES string of the molecule is CCCCCCCCCCC/C=C/CCCCC=O. The first-order valence-electron chi connectivity index (χ1n) is 8.50. The molecule has 0 radical (unpaired) electrons. The van der Waals surface area contributed by atoms with Crippen LogP contribution < -0.4 is 0 Å². The molecule has 0 atom stereocenters. The molecule has 1 nitrogen and oxygen atoms in total. The second-order valence-corrected chi connectivity index (χ2v) is 5.54. The maximum Gasteiger partial charge on any atom is 0.119 e. The van der Waals surface area contributed by atoms with Crippen LogP contribution in [0.2, 0.25) is 0 Å². The molecular formula is C18H34O. The predicted molar refractivity (Wildman–Crippen MR) is 85.5 cm³/mol. The van der Waals surface area contributed by atoms with E-state index in [9.17, 15) is 4.79 Å². The molecule has 0 heterocycles. The molecular weight excluding hydrogens is 232 g/mol. The van der Waals surface area contributed by atoms with Gasteiger partial charge in [-0.05, 0) is 32.1 Å². The summed E-state index contributed by atoms with van der Waals surface area (Å²) in [4.78, 5) is 10.1. The van der Waals surface area contributed by atoms with E-state index >= 15 is 0 Å². The Morgan fingerprint density at radius 1 is 0.579 bits per heavy atom. The number of allylic oxidation sites excluding steroid dienone is 2. The third-order valence-electron chi connectivity index (χ3n) is 3.58. The molecule has 0 aromatic carbocycles. The van der Waals surface area contributed by atoms with Gasteiger partial charge in [0.1, 0.15) is 6.29 Å². The molecule has 0 aliphatic heterocycles. The predicted octanol–water partition coefficient (Wildman–Crippen LogP) is 6.22. The summed E-state index contributed by atoms with van der Waals surface area (Å²) in [7, 11) is 0. The Kier molecular flexibility index (Phi) is 16.9. The summed E-state index contributed by atoms with van der Waals surface area (Å²) in [6.07, 6.45) is 23.6. The van der Waals surface area contributed by atoms with Gasteiger partial charge in [-0.1, -0.05) is 70.4 Å². The Labute approximate surface area is 120 Å². The lowest BCUT2D eigenvalue weighted by molar-refractivity contribution is -0.107. The fraction of sp³-hybridized carbons (Fsp3) is 0.833. The van der Waals surface area contributed by atoms with Crippen molar-refractivity contribution in [1.82, 2.24) is 0 Å². The van der Waals surface area contributed by atoms with E-state index in [4.69, 9.17) is 0 Å². The van der Waals surface area contributed by atoms with E-state index in [1.807, 2.05) is 0 Å².